The van der Waals surface area contributed by atoms with Gasteiger partial charge in [0.25, 0.3) is 0 Å². The molecular weight excluding hydrogens is 428 g/mol. The van der Waals surface area contributed by atoms with Gasteiger partial charge in [-0.05, 0) is 57.4 Å². The van der Waals surface area contributed by atoms with Crippen LogP contribution in [0.2, 0.25) is 0 Å². The van der Waals surface area contributed by atoms with Gasteiger partial charge < -0.3 is 9.64 Å². The van der Waals surface area contributed by atoms with E-state index in [9.17, 15) is 18.0 Å². The first-order valence-corrected chi connectivity index (χ1v) is 11.1. The van der Waals surface area contributed by atoms with Crippen molar-refractivity contribution in [2.45, 2.75) is 63.0 Å². The third-order valence-corrected chi connectivity index (χ3v) is 7.66. The second-order valence-electron chi connectivity index (χ2n) is 9.55. The van der Waals surface area contributed by atoms with E-state index in [-0.39, 0.29) is 54.5 Å². The Kier molecular flexibility index (Phi) is 4.90. The number of hydrogen-bond acceptors (Lipinski definition) is 4. The highest BCUT2D eigenvalue weighted by Gasteiger charge is 2.60. The summed E-state index contributed by atoms with van der Waals surface area (Å²) in [6.45, 7) is 2.88. The SMILES string of the molecule is COC(=O)N1CC[C@@H]2C[C@]2(c2cc(C)nc3c(F)c([C@H]4CC[C@H](C(F)(F)F)CC4)nn23)C1. The van der Waals surface area contributed by atoms with Crippen LogP contribution in [-0.2, 0) is 10.2 Å². The molecule has 2 saturated carbocycles. The number of likely N-dealkylation sites (tertiary alicyclic amines) is 1. The number of halogens is 4. The maximum atomic E-state index is 15.4. The Morgan fingerprint density at radius 2 is 1.94 bits per heavy atom. The number of aromatic nitrogens is 3. The van der Waals surface area contributed by atoms with Crippen LogP contribution >= 0.6 is 0 Å². The van der Waals surface area contributed by atoms with Crippen LogP contribution in [-0.4, -0.2) is 52.0 Å². The molecule has 0 aromatic carbocycles. The molecule has 5 rings (SSSR count). The van der Waals surface area contributed by atoms with Gasteiger partial charge in [-0.3, -0.25) is 0 Å². The Hall–Kier alpha value is -2.39. The Bertz CT molecular complexity index is 1060. The van der Waals surface area contributed by atoms with E-state index in [1.165, 1.54) is 11.6 Å². The molecule has 1 saturated heterocycles. The first-order valence-electron chi connectivity index (χ1n) is 11.1. The molecule has 2 aliphatic carbocycles. The van der Waals surface area contributed by atoms with Gasteiger partial charge in [0.15, 0.2) is 11.5 Å². The van der Waals surface area contributed by atoms with Crippen LogP contribution in [0.3, 0.4) is 0 Å². The van der Waals surface area contributed by atoms with Crippen molar-refractivity contribution in [3.8, 4) is 0 Å². The average Bonchev–Trinajstić information content (AvgIpc) is 3.42. The smallest absolute Gasteiger partial charge is 0.409 e. The topological polar surface area (TPSA) is 59.7 Å². The van der Waals surface area contributed by atoms with E-state index in [1.54, 1.807) is 11.8 Å². The van der Waals surface area contributed by atoms with Gasteiger partial charge in [0.2, 0.25) is 0 Å². The lowest BCUT2D eigenvalue weighted by atomic mass is 9.80. The van der Waals surface area contributed by atoms with Crippen molar-refractivity contribution < 1.29 is 27.1 Å². The summed E-state index contributed by atoms with van der Waals surface area (Å²) in [6.07, 6.45) is -2.41. The number of fused-ring (bicyclic) bond motifs is 2. The number of methoxy groups -OCH3 is 1. The Morgan fingerprint density at radius 1 is 1.22 bits per heavy atom. The van der Waals surface area contributed by atoms with Crippen LogP contribution in [0, 0.1) is 24.6 Å². The molecule has 1 aliphatic heterocycles. The number of nitrogens with zero attached hydrogens (tertiary/aromatic N) is 4. The molecule has 3 heterocycles. The molecule has 0 spiro atoms. The van der Waals surface area contributed by atoms with Crippen LogP contribution in [0.25, 0.3) is 5.65 Å². The van der Waals surface area contributed by atoms with E-state index >= 15 is 4.39 Å². The lowest BCUT2D eigenvalue weighted by Gasteiger charge is -2.32. The number of aryl methyl sites for hydroxylation is 1. The van der Waals surface area contributed by atoms with Gasteiger partial charge in [0, 0.05) is 30.1 Å². The predicted octanol–water partition coefficient (Wildman–Crippen LogP) is 4.74. The van der Waals surface area contributed by atoms with E-state index < -0.39 is 17.9 Å². The number of alkyl halides is 3. The van der Waals surface area contributed by atoms with Crippen molar-refractivity contribution in [3.63, 3.8) is 0 Å². The van der Waals surface area contributed by atoms with E-state index in [0.717, 1.165) is 18.5 Å². The van der Waals surface area contributed by atoms with Gasteiger partial charge >= 0.3 is 12.3 Å². The minimum atomic E-state index is -4.21. The molecule has 0 N–H and O–H groups in total. The molecule has 2 aromatic heterocycles. The Morgan fingerprint density at radius 3 is 2.59 bits per heavy atom. The second-order valence-corrected chi connectivity index (χ2v) is 9.55. The van der Waals surface area contributed by atoms with Crippen molar-refractivity contribution in [2.75, 3.05) is 20.2 Å². The highest BCUT2D eigenvalue weighted by Crippen LogP contribution is 2.58. The Balaban J connectivity index is 1.49. The molecular formula is C22H26F4N4O2. The number of hydrogen-bond donors (Lipinski definition) is 0. The quantitative estimate of drug-likeness (QED) is 0.615. The standard InChI is InChI=1S/C22H26F4N4O2/c1-12-9-16(21-10-15(21)7-8-29(11-21)20(31)32-2)30-19(27-12)17(23)18(28-30)13-3-5-14(6-4-13)22(24,25)26/h9,13-15H,3-8,10-11H2,1-2H3/t13-,14-,15-,21+/m1/s1. The number of amides is 1. The minimum Gasteiger partial charge on any atom is -0.453 e. The number of piperidine rings is 1. The zero-order valence-electron chi connectivity index (χ0n) is 18.1. The number of carbonyl (C=O) groups is 1. The maximum absolute atomic E-state index is 15.4. The zero-order valence-corrected chi connectivity index (χ0v) is 18.1. The number of ether oxygens (including phenoxy) is 1. The monoisotopic (exact) mass is 454 g/mol. The molecule has 3 aliphatic rings. The minimum absolute atomic E-state index is 0.0130. The Labute approximate surface area is 182 Å². The molecule has 0 radical (unpaired) electrons. The van der Waals surface area contributed by atoms with Gasteiger partial charge in [0.05, 0.1) is 18.7 Å². The fourth-order valence-electron chi connectivity index (χ4n) is 5.80. The first kappa shape index (κ1) is 21.5. The van der Waals surface area contributed by atoms with Crippen molar-refractivity contribution in [1.82, 2.24) is 19.5 Å². The summed E-state index contributed by atoms with van der Waals surface area (Å²) in [5.41, 5.74) is 1.45. The van der Waals surface area contributed by atoms with Gasteiger partial charge in [-0.2, -0.15) is 18.3 Å². The van der Waals surface area contributed by atoms with E-state index in [0.29, 0.717) is 24.7 Å². The van der Waals surface area contributed by atoms with Crippen molar-refractivity contribution >= 4 is 11.7 Å². The van der Waals surface area contributed by atoms with Gasteiger partial charge in [-0.25, -0.2) is 18.7 Å². The van der Waals surface area contributed by atoms with E-state index in [2.05, 4.69) is 10.1 Å². The molecule has 32 heavy (non-hydrogen) atoms. The second kappa shape index (κ2) is 7.31. The van der Waals surface area contributed by atoms with Crippen LogP contribution in [0.4, 0.5) is 22.4 Å². The third kappa shape index (κ3) is 3.33. The molecule has 1 amide bonds. The van der Waals surface area contributed by atoms with Crippen LogP contribution in [0.1, 0.15) is 61.5 Å². The highest BCUT2D eigenvalue weighted by atomic mass is 19.4. The fraction of sp³-hybridized carbons (Fsp3) is 0.682. The average molecular weight is 454 g/mol. The van der Waals surface area contributed by atoms with Gasteiger partial charge in [-0.15, -0.1) is 0 Å². The maximum Gasteiger partial charge on any atom is 0.409 e. The summed E-state index contributed by atoms with van der Waals surface area (Å²) < 4.78 is 61.0. The largest absolute Gasteiger partial charge is 0.453 e. The summed E-state index contributed by atoms with van der Waals surface area (Å²) in [6, 6.07) is 1.89. The van der Waals surface area contributed by atoms with E-state index in [1.807, 2.05) is 6.07 Å². The molecule has 2 atom stereocenters. The lowest BCUT2D eigenvalue weighted by molar-refractivity contribution is -0.182. The normalized spacial score (nSPS) is 30.3. The molecule has 0 bridgehead atoms. The van der Waals surface area contributed by atoms with Crippen LogP contribution in [0.5, 0.6) is 0 Å². The molecule has 0 unspecified atom stereocenters. The molecule has 174 valence electrons. The summed E-state index contributed by atoms with van der Waals surface area (Å²) in [7, 11) is 1.35. The number of rotatable bonds is 2. The van der Waals surface area contributed by atoms with Gasteiger partial charge in [-0.1, -0.05) is 0 Å². The van der Waals surface area contributed by atoms with Crippen molar-refractivity contribution in [1.29, 1.82) is 0 Å². The highest BCUT2D eigenvalue weighted by molar-refractivity contribution is 5.68. The van der Waals surface area contributed by atoms with Crippen molar-refractivity contribution in [3.05, 3.63) is 29.0 Å². The van der Waals surface area contributed by atoms with E-state index in [4.69, 9.17) is 4.74 Å². The van der Waals surface area contributed by atoms with Gasteiger partial charge in [0.1, 0.15) is 5.69 Å². The van der Waals surface area contributed by atoms with Crippen molar-refractivity contribution in [2.24, 2.45) is 11.8 Å². The summed E-state index contributed by atoms with van der Waals surface area (Å²) in [5, 5.41) is 4.56. The number of carbonyl (C=O) groups excluding carboxylic acids is 1. The molecule has 3 fully saturated rings. The third-order valence-electron chi connectivity index (χ3n) is 7.66. The molecule has 6 nitrogen and oxygen atoms in total. The summed E-state index contributed by atoms with van der Waals surface area (Å²) in [5.74, 6) is -1.85. The van der Waals surface area contributed by atoms with Crippen LogP contribution in [0.15, 0.2) is 6.07 Å². The predicted molar refractivity (Wildman–Crippen MR) is 107 cm³/mol. The van der Waals surface area contributed by atoms with Crippen LogP contribution < -0.4 is 0 Å². The summed E-state index contributed by atoms with van der Waals surface area (Å²) in [4.78, 5) is 18.2. The lowest BCUT2D eigenvalue weighted by Crippen LogP contribution is -2.43. The first-order chi connectivity index (χ1) is 15.1. The fourth-order valence-corrected chi connectivity index (χ4v) is 5.80. The zero-order chi connectivity index (χ0) is 22.8. The molecule has 2 aromatic rings. The summed E-state index contributed by atoms with van der Waals surface area (Å²) >= 11 is 0. The molecule has 10 heteroatoms.